The van der Waals surface area contributed by atoms with Crippen molar-refractivity contribution in [2.24, 2.45) is 5.41 Å². The predicted octanol–water partition coefficient (Wildman–Crippen LogP) is 5.72. The SMILES string of the molecule is CCOC(=O)C1(C)CCC(Oc2ccc(-c3ccc(-c4nc5cc(F)ccc5[nH]4)cn3)cn2)CC1. The Hall–Kier alpha value is -3.81. The Labute approximate surface area is 202 Å². The van der Waals surface area contributed by atoms with Crippen LogP contribution in [-0.4, -0.2) is 38.6 Å². The molecule has 3 heterocycles. The third kappa shape index (κ3) is 4.87. The smallest absolute Gasteiger partial charge is 0.311 e. The number of nitrogens with one attached hydrogen (secondary N) is 1. The molecule has 8 heteroatoms. The normalized spacial score (nSPS) is 20.0. The van der Waals surface area contributed by atoms with Crippen molar-refractivity contribution in [2.75, 3.05) is 6.61 Å². The number of rotatable bonds is 6. The first kappa shape index (κ1) is 23.0. The van der Waals surface area contributed by atoms with Crippen molar-refractivity contribution in [1.82, 2.24) is 19.9 Å². The molecule has 180 valence electrons. The van der Waals surface area contributed by atoms with E-state index in [1.807, 2.05) is 38.1 Å². The van der Waals surface area contributed by atoms with Crippen molar-refractivity contribution in [3.05, 3.63) is 60.7 Å². The summed E-state index contributed by atoms with van der Waals surface area (Å²) in [6.07, 6.45) is 6.57. The summed E-state index contributed by atoms with van der Waals surface area (Å²) in [6.45, 7) is 4.21. The number of halogens is 1. The zero-order chi connectivity index (χ0) is 24.4. The highest BCUT2D eigenvalue weighted by Gasteiger charge is 2.39. The number of carbonyl (C=O) groups excluding carboxylic acids is 1. The van der Waals surface area contributed by atoms with E-state index in [-0.39, 0.29) is 17.9 Å². The first-order valence-electron chi connectivity index (χ1n) is 11.9. The van der Waals surface area contributed by atoms with Gasteiger partial charge < -0.3 is 14.5 Å². The number of esters is 1. The van der Waals surface area contributed by atoms with Gasteiger partial charge in [-0.3, -0.25) is 9.78 Å². The molecule has 0 amide bonds. The third-order valence-corrected chi connectivity index (χ3v) is 6.61. The molecule has 0 bridgehead atoms. The van der Waals surface area contributed by atoms with Gasteiger partial charge in [-0.1, -0.05) is 0 Å². The lowest BCUT2D eigenvalue weighted by Gasteiger charge is -2.34. The molecule has 1 aromatic carbocycles. The number of pyridine rings is 2. The summed E-state index contributed by atoms with van der Waals surface area (Å²) in [5, 5.41) is 0. The molecule has 35 heavy (non-hydrogen) atoms. The van der Waals surface area contributed by atoms with Crippen LogP contribution in [0, 0.1) is 11.2 Å². The Kier molecular flexibility index (Phi) is 6.19. The maximum absolute atomic E-state index is 13.4. The molecule has 1 N–H and O–H groups in total. The van der Waals surface area contributed by atoms with Crippen LogP contribution in [0.4, 0.5) is 4.39 Å². The van der Waals surface area contributed by atoms with E-state index in [2.05, 4.69) is 19.9 Å². The van der Waals surface area contributed by atoms with Gasteiger partial charge in [-0.15, -0.1) is 0 Å². The van der Waals surface area contributed by atoms with E-state index < -0.39 is 5.41 Å². The fourth-order valence-electron chi connectivity index (χ4n) is 4.45. The Morgan fingerprint density at radius 2 is 1.86 bits per heavy atom. The molecule has 0 saturated heterocycles. The van der Waals surface area contributed by atoms with E-state index in [4.69, 9.17) is 9.47 Å². The van der Waals surface area contributed by atoms with Gasteiger partial charge in [-0.05, 0) is 69.9 Å². The molecule has 0 aliphatic heterocycles. The van der Waals surface area contributed by atoms with Gasteiger partial charge in [-0.2, -0.15) is 0 Å². The van der Waals surface area contributed by atoms with E-state index in [9.17, 15) is 9.18 Å². The molecule has 0 spiro atoms. The maximum Gasteiger partial charge on any atom is 0.311 e. The fraction of sp³-hybridized carbons (Fsp3) is 0.333. The highest BCUT2D eigenvalue weighted by molar-refractivity contribution is 5.79. The Morgan fingerprint density at radius 1 is 1.09 bits per heavy atom. The summed E-state index contributed by atoms with van der Waals surface area (Å²) in [7, 11) is 0. The van der Waals surface area contributed by atoms with Gasteiger partial charge in [0.05, 0.1) is 28.7 Å². The summed E-state index contributed by atoms with van der Waals surface area (Å²) < 4.78 is 24.7. The van der Waals surface area contributed by atoms with Crippen LogP contribution in [0.25, 0.3) is 33.7 Å². The number of fused-ring (bicyclic) bond motifs is 1. The Bertz CT molecular complexity index is 1330. The van der Waals surface area contributed by atoms with Crippen LogP contribution in [0.2, 0.25) is 0 Å². The number of benzene rings is 1. The molecule has 1 aliphatic carbocycles. The first-order chi connectivity index (χ1) is 16.9. The molecule has 7 nitrogen and oxygen atoms in total. The van der Waals surface area contributed by atoms with Gasteiger partial charge in [0.2, 0.25) is 5.88 Å². The van der Waals surface area contributed by atoms with Crippen LogP contribution in [0.15, 0.2) is 54.9 Å². The van der Waals surface area contributed by atoms with Crippen molar-refractivity contribution in [1.29, 1.82) is 0 Å². The number of nitrogens with zero attached hydrogens (tertiary/aromatic N) is 3. The fourth-order valence-corrected chi connectivity index (χ4v) is 4.45. The summed E-state index contributed by atoms with van der Waals surface area (Å²) in [5.74, 6) is 0.763. The minimum absolute atomic E-state index is 0.0329. The van der Waals surface area contributed by atoms with E-state index >= 15 is 0 Å². The lowest BCUT2D eigenvalue weighted by Crippen LogP contribution is -2.37. The van der Waals surface area contributed by atoms with Gasteiger partial charge in [0.1, 0.15) is 17.7 Å². The van der Waals surface area contributed by atoms with Gasteiger partial charge in [-0.25, -0.2) is 14.4 Å². The lowest BCUT2D eigenvalue weighted by atomic mass is 9.75. The Balaban J connectivity index is 1.21. The van der Waals surface area contributed by atoms with Crippen LogP contribution < -0.4 is 4.74 Å². The summed E-state index contributed by atoms with van der Waals surface area (Å²) >= 11 is 0. The number of hydrogen-bond acceptors (Lipinski definition) is 6. The monoisotopic (exact) mass is 474 g/mol. The second-order valence-corrected chi connectivity index (χ2v) is 9.16. The number of carbonyl (C=O) groups is 1. The predicted molar refractivity (Wildman–Crippen MR) is 130 cm³/mol. The average Bonchev–Trinajstić information content (AvgIpc) is 3.29. The van der Waals surface area contributed by atoms with Gasteiger partial charge in [0.25, 0.3) is 0 Å². The number of aromatic amines is 1. The van der Waals surface area contributed by atoms with Crippen LogP contribution in [-0.2, 0) is 9.53 Å². The van der Waals surface area contributed by atoms with Crippen LogP contribution in [0.1, 0.15) is 39.5 Å². The van der Waals surface area contributed by atoms with Crippen molar-refractivity contribution in [2.45, 2.75) is 45.6 Å². The van der Waals surface area contributed by atoms with Gasteiger partial charge in [0, 0.05) is 35.7 Å². The molecule has 1 saturated carbocycles. The standard InChI is InChI=1S/C27H27FN4O3/c1-3-34-26(33)27(2)12-10-20(11-13-27)35-24-9-5-17(15-30-24)21-7-4-18(16-29-21)25-31-22-8-6-19(28)14-23(22)32-25/h4-9,14-16,20H,3,10-13H2,1-2H3,(H,31,32). The first-order valence-corrected chi connectivity index (χ1v) is 11.9. The zero-order valence-electron chi connectivity index (χ0n) is 19.8. The van der Waals surface area contributed by atoms with Gasteiger partial charge >= 0.3 is 5.97 Å². The summed E-state index contributed by atoms with van der Waals surface area (Å²) in [5.41, 5.74) is 3.38. The van der Waals surface area contributed by atoms with E-state index in [0.717, 1.165) is 48.0 Å². The van der Waals surface area contributed by atoms with E-state index in [1.54, 1.807) is 18.5 Å². The van der Waals surface area contributed by atoms with Crippen LogP contribution in [0.5, 0.6) is 5.88 Å². The highest BCUT2D eigenvalue weighted by atomic mass is 19.1. The largest absolute Gasteiger partial charge is 0.474 e. The van der Waals surface area contributed by atoms with Crippen molar-refractivity contribution in [3.8, 4) is 28.5 Å². The lowest BCUT2D eigenvalue weighted by molar-refractivity contribution is -0.157. The molecule has 0 unspecified atom stereocenters. The Morgan fingerprint density at radius 3 is 2.54 bits per heavy atom. The summed E-state index contributed by atoms with van der Waals surface area (Å²) in [4.78, 5) is 28.9. The number of imidazole rings is 1. The number of aromatic nitrogens is 4. The molecule has 4 aromatic rings. The third-order valence-electron chi connectivity index (χ3n) is 6.61. The molecule has 0 radical (unpaired) electrons. The second-order valence-electron chi connectivity index (χ2n) is 9.16. The van der Waals surface area contributed by atoms with Crippen LogP contribution >= 0.6 is 0 Å². The molecular weight excluding hydrogens is 447 g/mol. The minimum atomic E-state index is -0.427. The quantitative estimate of drug-likeness (QED) is 0.360. The summed E-state index contributed by atoms with van der Waals surface area (Å²) in [6, 6.07) is 12.1. The number of ether oxygens (including phenoxy) is 2. The zero-order valence-corrected chi connectivity index (χ0v) is 19.8. The second kappa shape index (κ2) is 9.44. The molecule has 1 fully saturated rings. The van der Waals surface area contributed by atoms with Crippen LogP contribution in [0.3, 0.4) is 0 Å². The van der Waals surface area contributed by atoms with Crippen molar-refractivity contribution >= 4 is 17.0 Å². The van der Waals surface area contributed by atoms with E-state index in [1.165, 1.54) is 12.1 Å². The molecule has 3 aromatic heterocycles. The average molecular weight is 475 g/mol. The number of hydrogen-bond donors (Lipinski definition) is 1. The number of H-pyrrole nitrogens is 1. The topological polar surface area (TPSA) is 90.0 Å². The minimum Gasteiger partial charge on any atom is -0.474 e. The van der Waals surface area contributed by atoms with Crippen molar-refractivity contribution in [3.63, 3.8) is 0 Å². The molecule has 0 atom stereocenters. The molecule has 1 aliphatic rings. The maximum atomic E-state index is 13.4. The molecule has 5 rings (SSSR count). The highest BCUT2D eigenvalue weighted by Crippen LogP contribution is 2.38. The van der Waals surface area contributed by atoms with Crippen molar-refractivity contribution < 1.29 is 18.7 Å². The molecular formula is C27H27FN4O3. The van der Waals surface area contributed by atoms with E-state index in [0.29, 0.717) is 23.8 Å². The van der Waals surface area contributed by atoms with Gasteiger partial charge in [0.15, 0.2) is 0 Å².